The maximum Gasteiger partial charge on any atom is 0.340 e. The van der Waals surface area contributed by atoms with E-state index in [-0.39, 0.29) is 10.5 Å². The molecule has 0 radical (unpaired) electrons. The second-order valence-electron chi connectivity index (χ2n) is 4.34. The van der Waals surface area contributed by atoms with Gasteiger partial charge < -0.3 is 4.74 Å². The Bertz CT molecular complexity index is 785. The largest absolute Gasteiger partial charge is 0.465 e. The Hall–Kier alpha value is -2.28. The second-order valence-corrected chi connectivity index (χ2v) is 6.35. The molecule has 0 atom stereocenters. The first-order valence-electron chi connectivity index (χ1n) is 5.87. The minimum absolute atomic E-state index is 0.168. The fourth-order valence-corrected chi connectivity index (χ4v) is 2.37. The van der Waals surface area contributed by atoms with Gasteiger partial charge in [-0.05, 0) is 18.2 Å². The van der Waals surface area contributed by atoms with Crippen molar-refractivity contribution in [1.82, 2.24) is 4.98 Å². The van der Waals surface area contributed by atoms with E-state index < -0.39 is 21.6 Å². The van der Waals surface area contributed by atoms with Crippen LogP contribution in [0.15, 0.2) is 41.4 Å². The summed E-state index contributed by atoms with van der Waals surface area (Å²) in [4.78, 5) is 15.5. The number of halogens is 1. The molecule has 1 aromatic heterocycles. The molecule has 0 fully saturated rings. The number of ether oxygens (including phenoxy) is 1. The van der Waals surface area contributed by atoms with Crippen LogP contribution in [-0.4, -0.2) is 32.7 Å². The van der Waals surface area contributed by atoms with Crippen molar-refractivity contribution in [3.63, 3.8) is 0 Å². The Morgan fingerprint density at radius 3 is 2.38 bits per heavy atom. The van der Waals surface area contributed by atoms with Crippen LogP contribution in [-0.2, 0) is 14.6 Å². The molecule has 2 aromatic rings. The van der Waals surface area contributed by atoms with E-state index in [4.69, 9.17) is 0 Å². The van der Waals surface area contributed by atoms with Gasteiger partial charge in [0.15, 0.2) is 15.7 Å². The molecule has 5 nitrogen and oxygen atoms in total. The van der Waals surface area contributed by atoms with Crippen molar-refractivity contribution in [2.75, 3.05) is 13.4 Å². The zero-order valence-electron chi connectivity index (χ0n) is 11.3. The number of aromatic nitrogens is 1. The average molecular weight is 309 g/mol. The summed E-state index contributed by atoms with van der Waals surface area (Å²) >= 11 is 0. The lowest BCUT2D eigenvalue weighted by molar-refractivity contribution is 0.0595. The molecule has 0 saturated carbocycles. The van der Waals surface area contributed by atoms with E-state index in [0.717, 1.165) is 19.6 Å². The van der Waals surface area contributed by atoms with Crippen LogP contribution >= 0.6 is 0 Å². The van der Waals surface area contributed by atoms with Crippen molar-refractivity contribution in [2.24, 2.45) is 0 Å². The summed E-state index contributed by atoms with van der Waals surface area (Å²) in [6.07, 6.45) is 2.03. The molecule has 21 heavy (non-hydrogen) atoms. The molecule has 1 aromatic carbocycles. The van der Waals surface area contributed by atoms with Crippen LogP contribution in [0.3, 0.4) is 0 Å². The molecule has 0 N–H and O–H groups in total. The lowest BCUT2D eigenvalue weighted by atomic mass is 10.1. The smallest absolute Gasteiger partial charge is 0.340 e. The molecule has 2 rings (SSSR count). The zero-order chi connectivity index (χ0) is 15.6. The van der Waals surface area contributed by atoms with Crippen molar-refractivity contribution in [3.8, 4) is 11.3 Å². The second kappa shape index (κ2) is 5.61. The SMILES string of the molecule is COC(=O)c1cc(-c2ccc(S(C)(=O)=O)cc2)ncc1F. The first-order chi connectivity index (χ1) is 9.82. The molecule has 0 aliphatic rings. The fourth-order valence-electron chi connectivity index (χ4n) is 1.74. The quantitative estimate of drug-likeness (QED) is 0.812. The average Bonchev–Trinajstić information content (AvgIpc) is 2.46. The van der Waals surface area contributed by atoms with Gasteiger partial charge in [-0.2, -0.15) is 0 Å². The number of carbonyl (C=O) groups is 1. The van der Waals surface area contributed by atoms with Gasteiger partial charge in [0.1, 0.15) is 0 Å². The van der Waals surface area contributed by atoms with Crippen LogP contribution in [0, 0.1) is 5.82 Å². The predicted molar refractivity (Wildman–Crippen MR) is 74.1 cm³/mol. The van der Waals surface area contributed by atoms with E-state index in [2.05, 4.69) is 9.72 Å². The molecule has 7 heteroatoms. The fraction of sp³-hybridized carbons (Fsp3) is 0.143. The van der Waals surface area contributed by atoms with Crippen molar-refractivity contribution in [3.05, 3.63) is 47.9 Å². The third kappa shape index (κ3) is 3.25. The van der Waals surface area contributed by atoms with Crippen LogP contribution in [0.2, 0.25) is 0 Å². The number of rotatable bonds is 3. The topological polar surface area (TPSA) is 73.3 Å². The van der Waals surface area contributed by atoms with E-state index in [1.807, 2.05) is 0 Å². The number of methoxy groups -OCH3 is 1. The number of carbonyl (C=O) groups excluding carboxylic acids is 1. The summed E-state index contributed by atoms with van der Waals surface area (Å²) < 4.78 is 40.7. The van der Waals surface area contributed by atoms with E-state index in [1.165, 1.54) is 30.3 Å². The highest BCUT2D eigenvalue weighted by atomic mass is 32.2. The van der Waals surface area contributed by atoms with Crippen molar-refractivity contribution in [2.45, 2.75) is 4.90 Å². The van der Waals surface area contributed by atoms with Crippen molar-refractivity contribution < 1.29 is 22.3 Å². The summed E-state index contributed by atoms with van der Waals surface area (Å²) in [6.45, 7) is 0. The van der Waals surface area contributed by atoms with Crippen LogP contribution in [0.5, 0.6) is 0 Å². The molecule has 0 saturated heterocycles. The van der Waals surface area contributed by atoms with Crippen molar-refractivity contribution in [1.29, 1.82) is 0 Å². The molecule has 0 spiro atoms. The van der Waals surface area contributed by atoms with E-state index in [0.29, 0.717) is 11.3 Å². The molecule has 1 heterocycles. The molecule has 0 aliphatic carbocycles. The first-order valence-corrected chi connectivity index (χ1v) is 7.76. The highest BCUT2D eigenvalue weighted by Crippen LogP contribution is 2.21. The Morgan fingerprint density at radius 2 is 1.86 bits per heavy atom. The predicted octanol–water partition coefficient (Wildman–Crippen LogP) is 2.08. The van der Waals surface area contributed by atoms with Gasteiger partial charge in [-0.1, -0.05) is 12.1 Å². The Labute approximate surface area is 121 Å². The Balaban J connectivity index is 2.45. The minimum Gasteiger partial charge on any atom is -0.465 e. The van der Waals surface area contributed by atoms with Gasteiger partial charge in [-0.25, -0.2) is 17.6 Å². The third-order valence-electron chi connectivity index (χ3n) is 2.84. The number of sulfone groups is 1. The molecule has 0 amide bonds. The van der Waals surface area contributed by atoms with Crippen molar-refractivity contribution >= 4 is 15.8 Å². The zero-order valence-corrected chi connectivity index (χ0v) is 12.1. The van der Waals surface area contributed by atoms with E-state index in [9.17, 15) is 17.6 Å². The molecular formula is C14H12FNO4S. The van der Waals surface area contributed by atoms with Gasteiger partial charge >= 0.3 is 5.97 Å². The number of benzene rings is 1. The summed E-state index contributed by atoms with van der Waals surface area (Å²) in [5.41, 5.74) is 0.680. The summed E-state index contributed by atoms with van der Waals surface area (Å²) in [5.74, 6) is -1.58. The Kier molecular flexibility index (Phi) is 4.04. The highest BCUT2D eigenvalue weighted by Gasteiger charge is 2.15. The van der Waals surface area contributed by atoms with Crippen LogP contribution < -0.4 is 0 Å². The highest BCUT2D eigenvalue weighted by molar-refractivity contribution is 7.90. The molecular weight excluding hydrogens is 297 g/mol. The number of hydrogen-bond acceptors (Lipinski definition) is 5. The summed E-state index contributed by atoms with van der Waals surface area (Å²) in [6, 6.07) is 7.19. The minimum atomic E-state index is -3.29. The first kappa shape index (κ1) is 15.1. The van der Waals surface area contributed by atoms with Crippen LogP contribution in [0.1, 0.15) is 10.4 Å². The van der Waals surface area contributed by atoms with Crippen LogP contribution in [0.4, 0.5) is 4.39 Å². The summed E-state index contributed by atoms with van der Waals surface area (Å²) in [5, 5.41) is 0. The molecule has 110 valence electrons. The van der Waals surface area contributed by atoms with E-state index in [1.54, 1.807) is 0 Å². The lowest BCUT2D eigenvalue weighted by Gasteiger charge is -2.06. The number of nitrogens with zero attached hydrogens (tertiary/aromatic N) is 1. The van der Waals surface area contributed by atoms with Gasteiger partial charge in [0.2, 0.25) is 0 Å². The Morgan fingerprint density at radius 1 is 1.24 bits per heavy atom. The maximum absolute atomic E-state index is 13.5. The van der Waals surface area contributed by atoms with Gasteiger partial charge in [0.25, 0.3) is 0 Å². The third-order valence-corrected chi connectivity index (χ3v) is 3.97. The lowest BCUT2D eigenvalue weighted by Crippen LogP contribution is -2.05. The van der Waals surface area contributed by atoms with Gasteiger partial charge in [-0.15, -0.1) is 0 Å². The van der Waals surface area contributed by atoms with Gasteiger partial charge in [0, 0.05) is 11.8 Å². The van der Waals surface area contributed by atoms with Gasteiger partial charge in [0.05, 0.1) is 29.5 Å². The molecule has 0 bridgehead atoms. The number of esters is 1. The number of pyridine rings is 1. The van der Waals surface area contributed by atoms with Gasteiger partial charge in [-0.3, -0.25) is 4.98 Å². The maximum atomic E-state index is 13.5. The van der Waals surface area contributed by atoms with Crippen LogP contribution in [0.25, 0.3) is 11.3 Å². The monoisotopic (exact) mass is 309 g/mol. The summed E-state index contributed by atoms with van der Waals surface area (Å²) in [7, 11) is -2.13. The molecule has 0 aliphatic heterocycles. The number of hydrogen-bond donors (Lipinski definition) is 0. The normalized spacial score (nSPS) is 11.2. The molecule has 0 unspecified atom stereocenters. The van der Waals surface area contributed by atoms with E-state index >= 15 is 0 Å². The standard InChI is InChI=1S/C14H12FNO4S/c1-20-14(17)11-7-13(16-8-12(11)15)9-3-5-10(6-4-9)21(2,18)19/h3-8H,1-2H3.